The Morgan fingerprint density at radius 1 is 1.22 bits per heavy atom. The van der Waals surface area contributed by atoms with Crippen molar-refractivity contribution in [2.24, 2.45) is 5.92 Å². The number of carbonyl (C=O) groups is 3. The van der Waals surface area contributed by atoms with Crippen molar-refractivity contribution in [3.05, 3.63) is 35.9 Å². The zero-order valence-electron chi connectivity index (χ0n) is 13.7. The lowest BCUT2D eigenvalue weighted by Crippen LogP contribution is -2.38. The molecular formula is C17H22N2O4. The van der Waals surface area contributed by atoms with E-state index in [1.165, 1.54) is 4.90 Å². The number of carbonyl (C=O) groups excluding carboxylic acids is 3. The fourth-order valence-corrected chi connectivity index (χ4v) is 2.73. The number of hydrogen-bond acceptors (Lipinski definition) is 4. The van der Waals surface area contributed by atoms with Crippen LogP contribution in [0.3, 0.4) is 0 Å². The third-order valence-electron chi connectivity index (χ3n) is 3.75. The van der Waals surface area contributed by atoms with Gasteiger partial charge in [0.15, 0.2) is 0 Å². The summed E-state index contributed by atoms with van der Waals surface area (Å²) < 4.78 is 4.85. The second-order valence-electron chi connectivity index (χ2n) is 5.81. The Hall–Kier alpha value is -2.37. The van der Waals surface area contributed by atoms with Gasteiger partial charge in [-0.25, -0.2) is 4.79 Å². The van der Waals surface area contributed by atoms with Crippen molar-refractivity contribution in [1.29, 1.82) is 0 Å². The van der Waals surface area contributed by atoms with E-state index in [1.54, 1.807) is 6.92 Å². The normalized spacial score (nSPS) is 18.0. The van der Waals surface area contributed by atoms with Gasteiger partial charge < -0.3 is 9.64 Å². The summed E-state index contributed by atoms with van der Waals surface area (Å²) in [4.78, 5) is 39.3. The van der Waals surface area contributed by atoms with Crippen molar-refractivity contribution in [3.63, 3.8) is 0 Å². The predicted octanol–water partition coefficient (Wildman–Crippen LogP) is 2.04. The molecule has 1 aliphatic heterocycles. The Kier molecular flexibility index (Phi) is 5.36. The number of ether oxygens (including phenoxy) is 1. The lowest BCUT2D eigenvalue weighted by Gasteiger charge is -2.24. The molecule has 1 aliphatic rings. The molecule has 1 aromatic carbocycles. The Labute approximate surface area is 136 Å². The molecule has 1 saturated heterocycles. The molecule has 1 atom stereocenters. The van der Waals surface area contributed by atoms with E-state index >= 15 is 0 Å². The first-order chi connectivity index (χ1) is 11.0. The van der Waals surface area contributed by atoms with E-state index in [0.717, 1.165) is 10.5 Å². The first-order valence-electron chi connectivity index (χ1n) is 7.77. The fourth-order valence-electron chi connectivity index (χ4n) is 2.73. The highest BCUT2D eigenvalue weighted by Gasteiger charge is 2.47. The van der Waals surface area contributed by atoms with Crippen molar-refractivity contribution in [2.45, 2.75) is 33.4 Å². The van der Waals surface area contributed by atoms with Gasteiger partial charge in [-0.2, -0.15) is 0 Å². The maximum absolute atomic E-state index is 12.6. The SMILES string of the molecule is CCOC(=O)CN1C(=O)[C@H](C(C)C)N(Cc2ccccc2)C1=O. The minimum Gasteiger partial charge on any atom is -0.465 e. The molecule has 124 valence electrons. The van der Waals surface area contributed by atoms with Crippen LogP contribution in [0.1, 0.15) is 26.3 Å². The summed E-state index contributed by atoms with van der Waals surface area (Å²) in [6, 6.07) is 8.49. The first kappa shape index (κ1) is 17.0. The molecule has 6 heteroatoms. The molecule has 0 aliphatic carbocycles. The van der Waals surface area contributed by atoms with Crippen LogP contribution < -0.4 is 0 Å². The number of nitrogens with zero attached hydrogens (tertiary/aromatic N) is 2. The first-order valence-corrected chi connectivity index (χ1v) is 7.77. The van der Waals surface area contributed by atoms with Crippen LogP contribution in [0.4, 0.5) is 4.79 Å². The zero-order valence-corrected chi connectivity index (χ0v) is 13.7. The minimum atomic E-state index is -0.571. The van der Waals surface area contributed by atoms with Crippen molar-refractivity contribution in [2.75, 3.05) is 13.2 Å². The molecule has 6 nitrogen and oxygen atoms in total. The lowest BCUT2D eigenvalue weighted by atomic mass is 10.0. The molecule has 1 heterocycles. The third kappa shape index (κ3) is 3.70. The number of esters is 1. The van der Waals surface area contributed by atoms with Crippen molar-refractivity contribution in [3.8, 4) is 0 Å². The molecular weight excluding hydrogens is 296 g/mol. The quantitative estimate of drug-likeness (QED) is 0.594. The number of amides is 3. The Balaban J connectivity index is 2.20. The Bertz CT molecular complexity index is 586. The zero-order chi connectivity index (χ0) is 17.0. The third-order valence-corrected chi connectivity index (χ3v) is 3.75. The van der Waals surface area contributed by atoms with Gasteiger partial charge in [0.2, 0.25) is 0 Å². The molecule has 0 spiro atoms. The molecule has 0 radical (unpaired) electrons. The van der Waals surface area contributed by atoms with E-state index in [2.05, 4.69) is 0 Å². The fraction of sp³-hybridized carbons (Fsp3) is 0.471. The summed E-state index contributed by atoms with van der Waals surface area (Å²) in [6.07, 6.45) is 0. The van der Waals surface area contributed by atoms with Crippen LogP contribution in [0.25, 0.3) is 0 Å². The van der Waals surface area contributed by atoms with Gasteiger partial charge in [-0.15, -0.1) is 0 Å². The van der Waals surface area contributed by atoms with E-state index < -0.39 is 18.0 Å². The Morgan fingerprint density at radius 2 is 1.87 bits per heavy atom. The molecule has 0 bridgehead atoms. The topological polar surface area (TPSA) is 66.9 Å². The van der Waals surface area contributed by atoms with Gasteiger partial charge in [-0.1, -0.05) is 44.2 Å². The van der Waals surface area contributed by atoms with Gasteiger partial charge in [-0.05, 0) is 18.4 Å². The Morgan fingerprint density at radius 3 is 2.43 bits per heavy atom. The second-order valence-corrected chi connectivity index (χ2v) is 5.81. The second kappa shape index (κ2) is 7.26. The van der Waals surface area contributed by atoms with Gasteiger partial charge in [0.05, 0.1) is 6.61 Å². The van der Waals surface area contributed by atoms with E-state index in [9.17, 15) is 14.4 Å². The highest BCUT2D eigenvalue weighted by Crippen LogP contribution is 2.25. The van der Waals surface area contributed by atoms with Gasteiger partial charge in [0.1, 0.15) is 12.6 Å². The summed E-state index contributed by atoms with van der Waals surface area (Å²) in [7, 11) is 0. The van der Waals surface area contributed by atoms with Crippen LogP contribution >= 0.6 is 0 Å². The maximum atomic E-state index is 12.6. The highest BCUT2D eigenvalue weighted by atomic mass is 16.5. The molecule has 1 fully saturated rings. The molecule has 0 unspecified atom stereocenters. The standard InChI is InChI=1S/C17H22N2O4/c1-4-23-14(20)11-19-16(21)15(12(2)3)18(17(19)22)10-13-8-6-5-7-9-13/h5-9,12,15H,4,10-11H2,1-3H3/t15-/m0/s1. The van der Waals surface area contributed by atoms with Crippen LogP contribution in [0.15, 0.2) is 30.3 Å². The highest BCUT2D eigenvalue weighted by molar-refractivity contribution is 6.06. The molecule has 0 saturated carbocycles. The van der Waals surface area contributed by atoms with Crippen molar-refractivity contribution < 1.29 is 19.1 Å². The lowest BCUT2D eigenvalue weighted by molar-refractivity contribution is -0.146. The summed E-state index contributed by atoms with van der Waals surface area (Å²) >= 11 is 0. The number of rotatable bonds is 6. The summed E-state index contributed by atoms with van der Waals surface area (Å²) in [5, 5.41) is 0. The maximum Gasteiger partial charge on any atom is 0.328 e. The minimum absolute atomic E-state index is 0.0395. The molecule has 3 amide bonds. The van der Waals surface area contributed by atoms with Gasteiger partial charge in [-0.3, -0.25) is 14.5 Å². The van der Waals surface area contributed by atoms with Gasteiger partial charge in [0, 0.05) is 6.54 Å². The molecule has 23 heavy (non-hydrogen) atoms. The molecule has 0 aromatic heterocycles. The molecule has 0 N–H and O–H groups in total. The van der Waals surface area contributed by atoms with Crippen LogP contribution in [0.5, 0.6) is 0 Å². The number of benzene rings is 1. The van der Waals surface area contributed by atoms with Crippen molar-refractivity contribution >= 4 is 17.9 Å². The number of imide groups is 1. The monoisotopic (exact) mass is 318 g/mol. The van der Waals surface area contributed by atoms with E-state index in [-0.39, 0.29) is 25.0 Å². The average molecular weight is 318 g/mol. The molecule has 1 aromatic rings. The van der Waals surface area contributed by atoms with Gasteiger partial charge >= 0.3 is 12.0 Å². The summed E-state index contributed by atoms with van der Waals surface area (Å²) in [5.74, 6) is -0.949. The van der Waals surface area contributed by atoms with Crippen LogP contribution in [-0.2, 0) is 20.9 Å². The average Bonchev–Trinajstić information content (AvgIpc) is 2.73. The van der Waals surface area contributed by atoms with E-state index in [4.69, 9.17) is 4.74 Å². The van der Waals surface area contributed by atoms with Crippen LogP contribution in [0.2, 0.25) is 0 Å². The predicted molar refractivity (Wildman–Crippen MR) is 84.4 cm³/mol. The smallest absolute Gasteiger partial charge is 0.328 e. The largest absolute Gasteiger partial charge is 0.465 e. The molecule has 2 rings (SSSR count). The summed E-state index contributed by atoms with van der Waals surface area (Å²) in [6.45, 7) is 5.69. The van der Waals surface area contributed by atoms with E-state index in [0.29, 0.717) is 6.54 Å². The van der Waals surface area contributed by atoms with Crippen molar-refractivity contribution in [1.82, 2.24) is 9.80 Å². The van der Waals surface area contributed by atoms with Crippen LogP contribution in [-0.4, -0.2) is 46.9 Å². The summed E-state index contributed by atoms with van der Waals surface area (Å²) in [5.41, 5.74) is 0.942. The van der Waals surface area contributed by atoms with E-state index in [1.807, 2.05) is 44.2 Å². The van der Waals surface area contributed by atoms with Crippen LogP contribution in [0, 0.1) is 5.92 Å². The van der Waals surface area contributed by atoms with Gasteiger partial charge in [0.25, 0.3) is 5.91 Å². The number of urea groups is 1. The number of hydrogen-bond donors (Lipinski definition) is 0.